The number of aromatic nitrogens is 6. The minimum absolute atomic E-state index is 0.0882. The van der Waals surface area contributed by atoms with E-state index in [-0.39, 0.29) is 11.6 Å². The van der Waals surface area contributed by atoms with Gasteiger partial charge in [0, 0.05) is 5.56 Å². The van der Waals surface area contributed by atoms with Crippen LogP contribution in [-0.4, -0.2) is 30.2 Å². The van der Waals surface area contributed by atoms with Gasteiger partial charge in [-0.3, -0.25) is 0 Å². The normalized spacial score (nSPS) is 11.2. The van der Waals surface area contributed by atoms with Crippen LogP contribution in [0.3, 0.4) is 0 Å². The summed E-state index contributed by atoms with van der Waals surface area (Å²) in [6.45, 7) is 0. The van der Waals surface area contributed by atoms with Crippen molar-refractivity contribution in [2.24, 2.45) is 0 Å². The van der Waals surface area contributed by atoms with Crippen molar-refractivity contribution in [2.75, 3.05) is 5.73 Å². The van der Waals surface area contributed by atoms with Gasteiger partial charge in [-0.1, -0.05) is 9.73 Å². The molecule has 20 heavy (non-hydrogen) atoms. The van der Waals surface area contributed by atoms with Crippen LogP contribution in [0.5, 0.6) is 0 Å². The fraction of sp³-hybridized carbons (Fsp3) is 0. The lowest BCUT2D eigenvalue weighted by molar-refractivity contribution is 0.410. The Bertz CT molecular complexity index is 831. The fourth-order valence-electron chi connectivity index (χ4n) is 1.55. The Morgan fingerprint density at radius 1 is 1.05 bits per heavy atom. The quantitative estimate of drug-likeness (QED) is 0.402. The van der Waals surface area contributed by atoms with E-state index < -0.39 is 34.5 Å². The molecule has 0 atom stereocenters. The highest BCUT2D eigenvalue weighted by Crippen LogP contribution is 2.28. The van der Waals surface area contributed by atoms with E-state index in [4.69, 9.17) is 5.73 Å². The average Bonchev–Trinajstić information content (AvgIpc) is 2.87. The molecule has 2 heterocycles. The van der Waals surface area contributed by atoms with Crippen molar-refractivity contribution in [2.45, 2.75) is 0 Å². The monoisotopic (exact) mass is 285 g/mol. The molecular weight excluding hydrogens is 282 g/mol. The molecule has 102 valence electrons. The topological polar surface area (TPSA) is 94.9 Å². The second-order valence-electron chi connectivity index (χ2n) is 3.66. The molecule has 0 aliphatic heterocycles. The number of nitrogens with zero attached hydrogens (tertiary/aromatic N) is 6. The van der Waals surface area contributed by atoms with E-state index in [1.807, 2.05) is 0 Å². The maximum Gasteiger partial charge on any atom is 0.293 e. The Balaban J connectivity index is 2.33. The largest absolute Gasteiger partial charge is 0.382 e. The van der Waals surface area contributed by atoms with E-state index in [1.165, 1.54) is 0 Å². The van der Waals surface area contributed by atoms with Crippen LogP contribution < -0.4 is 5.73 Å². The number of halogens is 4. The van der Waals surface area contributed by atoms with E-state index in [0.717, 1.165) is 4.63 Å². The molecule has 7 nitrogen and oxygen atoms in total. The molecule has 0 radical (unpaired) electrons. The predicted molar refractivity (Wildman–Crippen MR) is 56.1 cm³/mol. The van der Waals surface area contributed by atoms with Crippen LogP contribution in [0.1, 0.15) is 0 Å². The van der Waals surface area contributed by atoms with Crippen LogP contribution >= 0.6 is 0 Å². The molecule has 0 amide bonds. The van der Waals surface area contributed by atoms with Crippen LogP contribution in [0.2, 0.25) is 0 Å². The third-order valence-corrected chi connectivity index (χ3v) is 2.45. The molecule has 1 aromatic carbocycles. The second kappa shape index (κ2) is 4.08. The summed E-state index contributed by atoms with van der Waals surface area (Å²) < 4.78 is 53.7. The number of nitrogens with two attached hydrogens (primary N) is 1. The molecule has 2 aromatic heterocycles. The minimum atomic E-state index is -1.97. The summed E-state index contributed by atoms with van der Waals surface area (Å²) in [6.07, 6.45) is 0. The van der Waals surface area contributed by atoms with Crippen LogP contribution in [0.25, 0.3) is 17.0 Å². The Labute approximate surface area is 107 Å². The van der Waals surface area contributed by atoms with E-state index in [2.05, 4.69) is 25.6 Å². The lowest BCUT2D eigenvalue weighted by Gasteiger charge is -2.06. The number of rotatable bonds is 1. The second-order valence-corrected chi connectivity index (χ2v) is 3.66. The van der Waals surface area contributed by atoms with Crippen LogP contribution in [0, 0.1) is 23.3 Å². The van der Waals surface area contributed by atoms with E-state index in [1.54, 1.807) is 0 Å². The lowest BCUT2D eigenvalue weighted by atomic mass is 10.1. The first-order valence-corrected chi connectivity index (χ1v) is 5.04. The number of anilines is 1. The molecule has 2 N–H and O–H groups in total. The lowest BCUT2D eigenvalue weighted by Crippen LogP contribution is -2.07. The molecule has 0 saturated heterocycles. The van der Waals surface area contributed by atoms with Crippen molar-refractivity contribution in [1.29, 1.82) is 0 Å². The summed E-state index contributed by atoms with van der Waals surface area (Å²) >= 11 is 0. The summed E-state index contributed by atoms with van der Waals surface area (Å²) in [4.78, 5) is 3.67. The molecule has 0 spiro atoms. The number of fused-ring (bicyclic) bond motifs is 1. The van der Waals surface area contributed by atoms with Crippen molar-refractivity contribution in [3.05, 3.63) is 29.3 Å². The average molecular weight is 285 g/mol. The van der Waals surface area contributed by atoms with Gasteiger partial charge in [-0.25, -0.2) is 17.6 Å². The first kappa shape index (κ1) is 12.2. The van der Waals surface area contributed by atoms with E-state index in [0.29, 0.717) is 6.07 Å². The third kappa shape index (κ3) is 1.63. The molecule has 0 saturated carbocycles. The first-order chi connectivity index (χ1) is 9.49. The zero-order valence-electron chi connectivity index (χ0n) is 9.35. The van der Waals surface area contributed by atoms with Gasteiger partial charge in [0.1, 0.15) is 5.69 Å². The third-order valence-electron chi connectivity index (χ3n) is 2.45. The highest BCUT2D eigenvalue weighted by atomic mass is 19.2. The van der Waals surface area contributed by atoms with Crippen molar-refractivity contribution < 1.29 is 17.6 Å². The van der Waals surface area contributed by atoms with Crippen molar-refractivity contribution in [3.8, 4) is 11.3 Å². The van der Waals surface area contributed by atoms with Gasteiger partial charge in [-0.15, -0.1) is 5.10 Å². The Hall–Kier alpha value is -2.85. The standard InChI is InChI=1S/C9H3F4N7/c10-3-1-2(4(11)6(13)5(3)12)7-8(14)15-9-16-18-19-20(9)17-7/h1H,(H2,14,15,16,19). The molecule has 0 bridgehead atoms. The summed E-state index contributed by atoms with van der Waals surface area (Å²) in [5.41, 5.74) is 4.39. The zero-order chi connectivity index (χ0) is 14.4. The van der Waals surface area contributed by atoms with Gasteiger partial charge in [0.25, 0.3) is 5.78 Å². The molecule has 11 heteroatoms. The fourth-order valence-corrected chi connectivity index (χ4v) is 1.55. The number of tetrazole rings is 1. The van der Waals surface area contributed by atoms with Gasteiger partial charge in [0.05, 0.1) is 0 Å². The van der Waals surface area contributed by atoms with Gasteiger partial charge in [0.15, 0.2) is 29.1 Å². The van der Waals surface area contributed by atoms with Crippen molar-refractivity contribution in [1.82, 2.24) is 30.2 Å². The van der Waals surface area contributed by atoms with Crippen molar-refractivity contribution in [3.63, 3.8) is 0 Å². The highest BCUT2D eigenvalue weighted by molar-refractivity contribution is 5.70. The predicted octanol–water partition coefficient (Wildman–Crippen LogP) is 0.720. The molecule has 0 aliphatic rings. The van der Waals surface area contributed by atoms with Gasteiger partial charge in [-0.05, 0) is 16.5 Å². The molecule has 3 rings (SSSR count). The maximum absolute atomic E-state index is 13.7. The summed E-state index contributed by atoms with van der Waals surface area (Å²) in [6, 6.07) is 0.421. The zero-order valence-corrected chi connectivity index (χ0v) is 9.35. The van der Waals surface area contributed by atoms with Crippen molar-refractivity contribution >= 4 is 11.6 Å². The van der Waals surface area contributed by atoms with Crippen LogP contribution in [0.4, 0.5) is 23.4 Å². The number of hydrogen-bond acceptors (Lipinski definition) is 6. The number of nitrogen functional groups attached to an aromatic ring is 1. The number of hydrogen-bond donors (Lipinski definition) is 1. The van der Waals surface area contributed by atoms with Gasteiger partial charge < -0.3 is 5.73 Å². The molecule has 0 fully saturated rings. The highest BCUT2D eigenvalue weighted by Gasteiger charge is 2.23. The molecular formula is C9H3F4N7. The smallest absolute Gasteiger partial charge is 0.293 e. The van der Waals surface area contributed by atoms with Gasteiger partial charge in [0.2, 0.25) is 0 Å². The molecule has 3 aromatic rings. The summed E-state index contributed by atoms with van der Waals surface area (Å²) in [7, 11) is 0. The Kier molecular flexibility index (Phi) is 2.49. The van der Waals surface area contributed by atoms with Crippen LogP contribution in [0.15, 0.2) is 6.07 Å². The summed E-state index contributed by atoms with van der Waals surface area (Å²) in [5, 5.41) is 13.7. The Morgan fingerprint density at radius 3 is 2.55 bits per heavy atom. The van der Waals surface area contributed by atoms with E-state index in [9.17, 15) is 17.6 Å². The van der Waals surface area contributed by atoms with Gasteiger partial charge in [-0.2, -0.15) is 4.98 Å². The first-order valence-electron chi connectivity index (χ1n) is 5.04. The summed E-state index contributed by atoms with van der Waals surface area (Å²) in [5.74, 6) is -7.58. The minimum Gasteiger partial charge on any atom is -0.382 e. The molecule has 0 unspecified atom stereocenters. The Morgan fingerprint density at radius 2 is 1.80 bits per heavy atom. The maximum atomic E-state index is 13.7. The van der Waals surface area contributed by atoms with Crippen LogP contribution in [-0.2, 0) is 0 Å². The van der Waals surface area contributed by atoms with Gasteiger partial charge >= 0.3 is 0 Å². The SMILES string of the molecule is Nc1nc2nnnn2nc1-c1cc(F)c(F)c(F)c1F. The molecule has 0 aliphatic carbocycles. The van der Waals surface area contributed by atoms with E-state index >= 15 is 0 Å². The number of benzene rings is 1.